The molecule has 0 aliphatic heterocycles. The van der Waals surface area contributed by atoms with Crippen LogP contribution in [0.5, 0.6) is 0 Å². The Morgan fingerprint density at radius 1 is 1.00 bits per heavy atom. The van der Waals surface area contributed by atoms with Crippen LogP contribution >= 0.6 is 0 Å². The quantitative estimate of drug-likeness (QED) is 0.769. The molecule has 1 aliphatic carbocycles. The minimum Gasteiger partial charge on any atom is -0.374 e. The van der Waals surface area contributed by atoms with Gasteiger partial charge in [0.05, 0.1) is 0 Å². The molecule has 24 heavy (non-hydrogen) atoms. The van der Waals surface area contributed by atoms with E-state index in [1.54, 1.807) is 6.92 Å². The summed E-state index contributed by atoms with van der Waals surface area (Å²) in [6, 6.07) is 7.34. The molecular weight excluding hydrogens is 302 g/mol. The molecular formula is C19H29N3O2. The van der Waals surface area contributed by atoms with Gasteiger partial charge in [0.2, 0.25) is 5.91 Å². The molecule has 5 heteroatoms. The lowest BCUT2D eigenvalue weighted by Gasteiger charge is -2.23. The maximum atomic E-state index is 12.1. The van der Waals surface area contributed by atoms with Crippen LogP contribution in [0, 0.1) is 0 Å². The Balaban J connectivity index is 1.79. The van der Waals surface area contributed by atoms with Crippen LogP contribution < -0.4 is 16.0 Å². The largest absolute Gasteiger partial charge is 0.374 e. The Labute approximate surface area is 144 Å². The maximum absolute atomic E-state index is 12.1. The van der Waals surface area contributed by atoms with Gasteiger partial charge in [-0.2, -0.15) is 0 Å². The van der Waals surface area contributed by atoms with E-state index < -0.39 is 12.1 Å². The Morgan fingerprint density at radius 3 is 2.21 bits per heavy atom. The van der Waals surface area contributed by atoms with Crippen molar-refractivity contribution < 1.29 is 9.59 Å². The zero-order valence-electron chi connectivity index (χ0n) is 14.9. The second-order valence-electron chi connectivity index (χ2n) is 6.94. The van der Waals surface area contributed by atoms with E-state index in [0.29, 0.717) is 5.92 Å². The average molecular weight is 331 g/mol. The molecule has 0 radical (unpaired) electrons. The first kappa shape index (κ1) is 18.3. The summed E-state index contributed by atoms with van der Waals surface area (Å²) in [5, 5.41) is 8.44. The number of carbonyl (C=O) groups excluding carboxylic acids is 2. The fourth-order valence-electron chi connectivity index (χ4n) is 2.97. The third kappa shape index (κ3) is 5.55. The van der Waals surface area contributed by atoms with Crippen LogP contribution in [-0.4, -0.2) is 24.0 Å². The van der Waals surface area contributed by atoms with Gasteiger partial charge in [-0.25, -0.2) is 4.79 Å². The molecule has 1 unspecified atom stereocenters. The van der Waals surface area contributed by atoms with E-state index in [2.05, 4.69) is 29.8 Å². The van der Waals surface area contributed by atoms with Gasteiger partial charge in [0.1, 0.15) is 6.04 Å². The Bertz CT molecular complexity index is 548. The van der Waals surface area contributed by atoms with E-state index >= 15 is 0 Å². The predicted molar refractivity (Wildman–Crippen MR) is 97.2 cm³/mol. The van der Waals surface area contributed by atoms with Crippen molar-refractivity contribution in [2.45, 2.75) is 70.9 Å². The maximum Gasteiger partial charge on any atom is 0.321 e. The highest BCUT2D eigenvalue weighted by molar-refractivity contribution is 5.98. The van der Waals surface area contributed by atoms with Crippen LogP contribution in [0.3, 0.4) is 0 Å². The van der Waals surface area contributed by atoms with Gasteiger partial charge in [0.15, 0.2) is 0 Å². The van der Waals surface area contributed by atoms with Crippen molar-refractivity contribution in [2.75, 3.05) is 5.32 Å². The standard InChI is InChI=1S/C19H29N3O2/c1-13(2)15-9-11-17(12-10-15)20-14(3)18(23)22-19(24)21-16-7-5-4-6-8-16/h9-14,16,20H,4-8H2,1-3H3,(H2,21,22,23,24). The summed E-state index contributed by atoms with van der Waals surface area (Å²) in [7, 11) is 0. The molecule has 1 atom stereocenters. The fraction of sp³-hybridized carbons (Fsp3) is 0.579. The normalized spacial score (nSPS) is 16.5. The molecule has 3 N–H and O–H groups in total. The number of benzene rings is 1. The molecule has 1 aliphatic rings. The molecule has 1 saturated carbocycles. The Morgan fingerprint density at radius 2 is 1.62 bits per heavy atom. The van der Waals surface area contributed by atoms with Crippen molar-refractivity contribution >= 4 is 17.6 Å². The summed E-state index contributed by atoms with van der Waals surface area (Å²) < 4.78 is 0. The first-order valence-corrected chi connectivity index (χ1v) is 8.93. The minimum absolute atomic E-state index is 0.193. The van der Waals surface area contributed by atoms with Crippen molar-refractivity contribution in [1.29, 1.82) is 0 Å². The lowest BCUT2D eigenvalue weighted by atomic mass is 9.96. The van der Waals surface area contributed by atoms with Gasteiger partial charge in [0, 0.05) is 11.7 Å². The monoisotopic (exact) mass is 331 g/mol. The van der Waals surface area contributed by atoms with Crippen LogP contribution in [-0.2, 0) is 4.79 Å². The molecule has 3 amide bonds. The van der Waals surface area contributed by atoms with Gasteiger partial charge in [-0.1, -0.05) is 45.2 Å². The van der Waals surface area contributed by atoms with Crippen molar-refractivity contribution in [3.8, 4) is 0 Å². The number of carbonyl (C=O) groups is 2. The molecule has 5 nitrogen and oxygen atoms in total. The lowest BCUT2D eigenvalue weighted by molar-refractivity contribution is -0.120. The molecule has 0 heterocycles. The third-order valence-corrected chi connectivity index (χ3v) is 4.53. The minimum atomic E-state index is -0.480. The second kappa shape index (κ2) is 8.71. The van der Waals surface area contributed by atoms with Crippen molar-refractivity contribution in [3.05, 3.63) is 29.8 Å². The zero-order chi connectivity index (χ0) is 17.5. The summed E-state index contributed by atoms with van der Waals surface area (Å²) in [4.78, 5) is 24.1. The molecule has 1 aromatic carbocycles. The van der Waals surface area contributed by atoms with Crippen LogP contribution in [0.25, 0.3) is 0 Å². The summed E-state index contributed by atoms with van der Waals surface area (Å²) in [6.45, 7) is 6.03. The van der Waals surface area contributed by atoms with Crippen LogP contribution in [0.2, 0.25) is 0 Å². The van der Waals surface area contributed by atoms with Crippen LogP contribution in [0.4, 0.5) is 10.5 Å². The summed E-state index contributed by atoms with van der Waals surface area (Å²) in [5.74, 6) is 0.152. The van der Waals surface area contributed by atoms with E-state index in [1.165, 1.54) is 12.0 Å². The van der Waals surface area contributed by atoms with Crippen LogP contribution in [0.15, 0.2) is 24.3 Å². The number of anilines is 1. The SMILES string of the molecule is CC(Nc1ccc(C(C)C)cc1)C(=O)NC(=O)NC1CCCCC1. The molecule has 0 spiro atoms. The fourth-order valence-corrected chi connectivity index (χ4v) is 2.97. The molecule has 1 aromatic rings. The van der Waals surface area contributed by atoms with Crippen LogP contribution in [0.1, 0.15) is 64.4 Å². The van der Waals surface area contributed by atoms with Gasteiger partial charge in [-0.3, -0.25) is 10.1 Å². The topological polar surface area (TPSA) is 70.2 Å². The van der Waals surface area contributed by atoms with Gasteiger partial charge in [0.25, 0.3) is 0 Å². The Hall–Kier alpha value is -2.04. The number of imide groups is 1. The number of hydrogen-bond acceptors (Lipinski definition) is 3. The summed E-state index contributed by atoms with van der Waals surface area (Å²) in [6.07, 6.45) is 5.51. The summed E-state index contributed by atoms with van der Waals surface area (Å²) in [5.41, 5.74) is 2.12. The number of urea groups is 1. The van der Waals surface area contributed by atoms with E-state index in [-0.39, 0.29) is 11.9 Å². The van der Waals surface area contributed by atoms with Crippen molar-refractivity contribution in [2.24, 2.45) is 0 Å². The molecule has 0 aromatic heterocycles. The van der Waals surface area contributed by atoms with E-state index in [0.717, 1.165) is 31.4 Å². The number of amides is 3. The first-order chi connectivity index (χ1) is 11.5. The molecule has 132 valence electrons. The lowest BCUT2D eigenvalue weighted by Crippen LogP contribution is -2.49. The predicted octanol–water partition coefficient (Wildman–Crippen LogP) is 3.77. The molecule has 0 saturated heterocycles. The molecule has 1 fully saturated rings. The first-order valence-electron chi connectivity index (χ1n) is 8.93. The number of hydrogen-bond donors (Lipinski definition) is 3. The number of rotatable bonds is 5. The van der Waals surface area contributed by atoms with Crippen molar-refractivity contribution in [3.63, 3.8) is 0 Å². The highest BCUT2D eigenvalue weighted by Crippen LogP contribution is 2.18. The third-order valence-electron chi connectivity index (χ3n) is 4.53. The zero-order valence-corrected chi connectivity index (χ0v) is 14.9. The van der Waals surface area contributed by atoms with Crippen molar-refractivity contribution in [1.82, 2.24) is 10.6 Å². The highest BCUT2D eigenvalue weighted by atomic mass is 16.2. The molecule has 2 rings (SSSR count). The van der Waals surface area contributed by atoms with E-state index in [1.807, 2.05) is 24.3 Å². The Kier molecular flexibility index (Phi) is 6.64. The van der Waals surface area contributed by atoms with E-state index in [9.17, 15) is 9.59 Å². The summed E-state index contributed by atoms with van der Waals surface area (Å²) >= 11 is 0. The van der Waals surface area contributed by atoms with Gasteiger partial charge < -0.3 is 10.6 Å². The average Bonchev–Trinajstić information content (AvgIpc) is 2.56. The highest BCUT2D eigenvalue weighted by Gasteiger charge is 2.19. The van der Waals surface area contributed by atoms with Gasteiger partial charge in [-0.15, -0.1) is 0 Å². The second-order valence-corrected chi connectivity index (χ2v) is 6.94. The molecule has 0 bridgehead atoms. The smallest absolute Gasteiger partial charge is 0.321 e. The van der Waals surface area contributed by atoms with Gasteiger partial charge in [-0.05, 0) is 43.4 Å². The number of nitrogens with one attached hydrogen (secondary N) is 3. The van der Waals surface area contributed by atoms with E-state index in [4.69, 9.17) is 0 Å². The van der Waals surface area contributed by atoms with Gasteiger partial charge >= 0.3 is 6.03 Å².